The predicted octanol–water partition coefficient (Wildman–Crippen LogP) is 3.22. The Labute approximate surface area is 172 Å². The van der Waals surface area contributed by atoms with E-state index in [0.717, 1.165) is 16.7 Å². The molecule has 1 aliphatic rings. The Morgan fingerprint density at radius 2 is 1.59 bits per heavy atom. The minimum Gasteiger partial charge on any atom is -0.340 e. The average Bonchev–Trinajstić information content (AvgIpc) is 2.66. The third kappa shape index (κ3) is 4.67. The van der Waals surface area contributed by atoms with Crippen molar-refractivity contribution in [1.29, 1.82) is 0 Å². The summed E-state index contributed by atoms with van der Waals surface area (Å²) in [5.41, 5.74) is 3.04. The molecular weight excluding hydrogens is 391 g/mol. The van der Waals surface area contributed by atoms with E-state index >= 15 is 0 Å². The van der Waals surface area contributed by atoms with E-state index in [1.165, 1.54) is 10.4 Å². The molecule has 2 aromatic carbocycles. The molecule has 0 bridgehead atoms. The normalized spacial score (nSPS) is 15.5. The Hall–Kier alpha value is -2.25. The first kappa shape index (κ1) is 21.5. The van der Waals surface area contributed by atoms with Crippen LogP contribution >= 0.6 is 0 Å². The fourth-order valence-corrected chi connectivity index (χ4v) is 5.82. The Kier molecular flexibility index (Phi) is 6.39. The topological polar surface area (TPSA) is 57.7 Å². The molecule has 0 aromatic heterocycles. The maximum absolute atomic E-state index is 13.7. The van der Waals surface area contributed by atoms with Gasteiger partial charge in [-0.15, -0.1) is 0 Å². The maximum atomic E-state index is 13.7. The summed E-state index contributed by atoms with van der Waals surface area (Å²) in [6.45, 7) is 6.80. The number of halogens is 1. The van der Waals surface area contributed by atoms with Gasteiger partial charge in [-0.25, -0.2) is 12.8 Å². The molecule has 0 spiro atoms. The highest BCUT2D eigenvalue weighted by atomic mass is 32.2. The summed E-state index contributed by atoms with van der Waals surface area (Å²) in [5, 5.41) is 0. The Bertz CT molecular complexity index is 989. The van der Waals surface area contributed by atoms with Gasteiger partial charge in [-0.2, -0.15) is 4.31 Å². The van der Waals surface area contributed by atoms with Crippen LogP contribution in [0.4, 0.5) is 4.39 Å². The molecule has 0 unspecified atom stereocenters. The smallest absolute Gasteiger partial charge is 0.243 e. The van der Waals surface area contributed by atoms with Gasteiger partial charge in [0.2, 0.25) is 15.9 Å². The predicted molar refractivity (Wildman–Crippen MR) is 111 cm³/mol. The van der Waals surface area contributed by atoms with Gasteiger partial charge < -0.3 is 4.90 Å². The summed E-state index contributed by atoms with van der Waals surface area (Å²) >= 11 is 0. The van der Waals surface area contributed by atoms with Crippen molar-refractivity contribution < 1.29 is 17.6 Å². The zero-order chi connectivity index (χ0) is 21.2. The molecule has 2 aromatic rings. The van der Waals surface area contributed by atoms with E-state index in [4.69, 9.17) is 0 Å². The van der Waals surface area contributed by atoms with Crippen LogP contribution in [0, 0.1) is 26.6 Å². The molecule has 1 aliphatic heterocycles. The van der Waals surface area contributed by atoms with Crippen LogP contribution < -0.4 is 0 Å². The zero-order valence-corrected chi connectivity index (χ0v) is 17.9. The number of rotatable bonds is 5. The van der Waals surface area contributed by atoms with E-state index in [9.17, 15) is 17.6 Å². The van der Waals surface area contributed by atoms with Crippen LogP contribution in [-0.4, -0.2) is 49.7 Å². The van der Waals surface area contributed by atoms with Crippen molar-refractivity contribution in [3.8, 4) is 0 Å². The van der Waals surface area contributed by atoms with Gasteiger partial charge in [-0.3, -0.25) is 4.79 Å². The van der Waals surface area contributed by atoms with Gasteiger partial charge >= 0.3 is 0 Å². The summed E-state index contributed by atoms with van der Waals surface area (Å²) in [6.07, 6.45) is 0.551. The van der Waals surface area contributed by atoms with Crippen LogP contribution in [0.25, 0.3) is 0 Å². The van der Waals surface area contributed by atoms with Crippen LogP contribution in [0.1, 0.15) is 28.7 Å². The van der Waals surface area contributed by atoms with Crippen LogP contribution in [0.2, 0.25) is 0 Å². The van der Waals surface area contributed by atoms with Crippen molar-refractivity contribution in [3.63, 3.8) is 0 Å². The lowest BCUT2D eigenvalue weighted by atomic mass is 10.1. The monoisotopic (exact) mass is 418 g/mol. The fourth-order valence-electron chi connectivity index (χ4n) is 3.98. The summed E-state index contributed by atoms with van der Waals surface area (Å²) in [6, 6.07) is 10.2. The van der Waals surface area contributed by atoms with E-state index < -0.39 is 10.0 Å². The molecule has 1 fully saturated rings. The van der Waals surface area contributed by atoms with Crippen molar-refractivity contribution >= 4 is 15.9 Å². The van der Waals surface area contributed by atoms with E-state index in [-0.39, 0.29) is 31.2 Å². The molecule has 29 heavy (non-hydrogen) atoms. The largest absolute Gasteiger partial charge is 0.340 e. The molecule has 5 nitrogen and oxygen atoms in total. The molecule has 156 valence electrons. The van der Waals surface area contributed by atoms with Crippen LogP contribution in [-0.2, 0) is 21.2 Å². The number of hydrogen-bond acceptors (Lipinski definition) is 3. The summed E-state index contributed by atoms with van der Waals surface area (Å²) < 4.78 is 41.5. The van der Waals surface area contributed by atoms with Crippen molar-refractivity contribution in [2.75, 3.05) is 26.2 Å². The van der Waals surface area contributed by atoms with E-state index in [0.29, 0.717) is 30.0 Å². The number of carbonyl (C=O) groups is 1. The molecule has 0 atom stereocenters. The SMILES string of the molecule is Cc1cc(C)c(S(=O)(=O)N2CCN(C(=O)CCc3ccccc3F)CC2)c(C)c1. The van der Waals surface area contributed by atoms with Gasteiger partial charge in [-0.1, -0.05) is 35.9 Å². The number of sulfonamides is 1. The molecule has 1 heterocycles. The third-order valence-corrected chi connectivity index (χ3v) is 7.56. The van der Waals surface area contributed by atoms with Gasteiger partial charge in [0.1, 0.15) is 5.82 Å². The molecule has 7 heteroatoms. The number of hydrogen-bond donors (Lipinski definition) is 0. The van der Waals surface area contributed by atoms with Gasteiger partial charge in [0.15, 0.2) is 0 Å². The fraction of sp³-hybridized carbons (Fsp3) is 0.409. The first-order valence-electron chi connectivity index (χ1n) is 9.79. The van der Waals surface area contributed by atoms with Gasteiger partial charge in [0.05, 0.1) is 4.90 Å². The Balaban J connectivity index is 1.63. The number of amides is 1. The standard InChI is InChI=1S/C22H27FN2O3S/c1-16-14-17(2)22(18(3)15-16)29(27,28)25-12-10-24(11-13-25)21(26)9-8-19-6-4-5-7-20(19)23/h4-7,14-15H,8-13H2,1-3H3. The maximum Gasteiger partial charge on any atom is 0.243 e. The lowest BCUT2D eigenvalue weighted by molar-refractivity contribution is -0.132. The van der Waals surface area contributed by atoms with E-state index in [1.807, 2.05) is 32.9 Å². The van der Waals surface area contributed by atoms with Crippen molar-refractivity contribution in [3.05, 3.63) is 64.5 Å². The highest BCUT2D eigenvalue weighted by molar-refractivity contribution is 7.89. The molecule has 1 amide bonds. The van der Waals surface area contributed by atoms with E-state index in [1.54, 1.807) is 23.1 Å². The summed E-state index contributed by atoms with van der Waals surface area (Å²) in [4.78, 5) is 14.5. The summed E-state index contributed by atoms with van der Waals surface area (Å²) in [7, 11) is -3.60. The number of carbonyl (C=O) groups excluding carboxylic acids is 1. The van der Waals surface area contributed by atoms with Crippen LogP contribution in [0.3, 0.4) is 0 Å². The molecule has 0 saturated carbocycles. The van der Waals surface area contributed by atoms with Gasteiger partial charge in [0.25, 0.3) is 0 Å². The first-order chi connectivity index (χ1) is 13.7. The van der Waals surface area contributed by atoms with Crippen LogP contribution in [0.5, 0.6) is 0 Å². The zero-order valence-electron chi connectivity index (χ0n) is 17.1. The second-order valence-electron chi connectivity index (χ2n) is 7.60. The lowest BCUT2D eigenvalue weighted by Crippen LogP contribution is -2.50. The third-order valence-electron chi connectivity index (χ3n) is 5.36. The number of piperazine rings is 1. The minimum absolute atomic E-state index is 0.0759. The van der Waals surface area contributed by atoms with Crippen molar-refractivity contribution in [2.24, 2.45) is 0 Å². The molecular formula is C22H27FN2O3S. The van der Waals surface area contributed by atoms with E-state index in [2.05, 4.69) is 0 Å². The number of aryl methyl sites for hydroxylation is 4. The van der Waals surface area contributed by atoms with Crippen molar-refractivity contribution in [1.82, 2.24) is 9.21 Å². The minimum atomic E-state index is -3.60. The lowest BCUT2D eigenvalue weighted by Gasteiger charge is -2.34. The molecule has 1 saturated heterocycles. The Morgan fingerprint density at radius 1 is 1.00 bits per heavy atom. The van der Waals surface area contributed by atoms with Gasteiger partial charge in [0, 0.05) is 32.6 Å². The molecule has 0 N–H and O–H groups in total. The van der Waals surface area contributed by atoms with Gasteiger partial charge in [-0.05, 0) is 49.9 Å². The quantitative estimate of drug-likeness (QED) is 0.749. The van der Waals surface area contributed by atoms with Crippen LogP contribution in [0.15, 0.2) is 41.3 Å². The van der Waals surface area contributed by atoms with Crippen molar-refractivity contribution in [2.45, 2.75) is 38.5 Å². The average molecular weight is 419 g/mol. The summed E-state index contributed by atoms with van der Waals surface area (Å²) in [5.74, 6) is -0.381. The highest BCUT2D eigenvalue weighted by Gasteiger charge is 2.32. The number of benzene rings is 2. The first-order valence-corrected chi connectivity index (χ1v) is 11.2. The molecule has 0 radical (unpaired) electrons. The Morgan fingerprint density at radius 3 is 2.17 bits per heavy atom. The molecule has 0 aliphatic carbocycles. The number of nitrogens with zero attached hydrogens (tertiary/aromatic N) is 2. The second kappa shape index (κ2) is 8.63. The second-order valence-corrected chi connectivity index (χ2v) is 9.48. The highest BCUT2D eigenvalue weighted by Crippen LogP contribution is 2.26. The molecule has 3 rings (SSSR count).